The van der Waals surface area contributed by atoms with Crippen LogP contribution in [-0.4, -0.2) is 0 Å². The second-order valence-corrected chi connectivity index (χ2v) is 3.72. The molecule has 0 spiro atoms. The summed E-state index contributed by atoms with van der Waals surface area (Å²) < 4.78 is 0. The van der Waals surface area contributed by atoms with Crippen molar-refractivity contribution in [2.75, 3.05) is 0 Å². The van der Waals surface area contributed by atoms with E-state index in [1.54, 1.807) is 0 Å². The van der Waals surface area contributed by atoms with E-state index in [1.165, 1.54) is 32.1 Å². The van der Waals surface area contributed by atoms with Gasteiger partial charge in [-0.2, -0.15) is 0 Å². The summed E-state index contributed by atoms with van der Waals surface area (Å²) in [4.78, 5) is 0. The smallest absolute Gasteiger partial charge is 0.0443 e. The first-order valence-corrected chi connectivity index (χ1v) is 5.29. The van der Waals surface area contributed by atoms with Crippen LogP contribution in [0.15, 0.2) is 0 Å². The molecule has 0 N–H and O–H groups in total. The largest absolute Gasteiger partial charge is 0.0683 e. The van der Waals surface area contributed by atoms with Crippen LogP contribution < -0.4 is 0 Å². The maximum atomic E-state index is 2.39. The molecule has 0 unspecified atom stereocenters. The molecule has 0 aliphatic heterocycles. The van der Waals surface area contributed by atoms with Gasteiger partial charge in [-0.25, -0.2) is 0 Å². The van der Waals surface area contributed by atoms with Crippen molar-refractivity contribution in [2.45, 2.75) is 59.8 Å². The minimum absolute atomic E-state index is 1.01. The molecule has 0 heteroatoms. The molecule has 0 heterocycles. The molecule has 1 aliphatic rings. The standard InChI is InChI=1S/C9H18.C2H6/c1-8-4-3-5-9(2)7-6-8;1-2/h8-9H,3-7H2,1-2H3;1-2H3/t8-,9+;. The van der Waals surface area contributed by atoms with Gasteiger partial charge in [-0.1, -0.05) is 59.8 Å². The Hall–Kier alpha value is 0. The van der Waals surface area contributed by atoms with E-state index in [0.717, 1.165) is 11.8 Å². The molecular formula is C11H24. The van der Waals surface area contributed by atoms with E-state index in [2.05, 4.69) is 13.8 Å². The van der Waals surface area contributed by atoms with Crippen molar-refractivity contribution in [3.63, 3.8) is 0 Å². The van der Waals surface area contributed by atoms with Crippen LogP contribution in [0.3, 0.4) is 0 Å². The molecule has 0 nitrogen and oxygen atoms in total. The first-order valence-electron chi connectivity index (χ1n) is 5.29. The van der Waals surface area contributed by atoms with Crippen LogP contribution in [0.2, 0.25) is 0 Å². The molecule has 0 amide bonds. The van der Waals surface area contributed by atoms with Gasteiger partial charge in [-0.3, -0.25) is 0 Å². The van der Waals surface area contributed by atoms with Crippen LogP contribution in [0.25, 0.3) is 0 Å². The van der Waals surface area contributed by atoms with Crippen LogP contribution in [0, 0.1) is 11.8 Å². The van der Waals surface area contributed by atoms with Crippen molar-refractivity contribution < 1.29 is 0 Å². The molecule has 11 heavy (non-hydrogen) atoms. The van der Waals surface area contributed by atoms with Gasteiger partial charge in [0.2, 0.25) is 0 Å². The molecule has 0 radical (unpaired) electrons. The van der Waals surface area contributed by atoms with Crippen molar-refractivity contribution in [3.8, 4) is 0 Å². The Morgan fingerprint density at radius 3 is 1.45 bits per heavy atom. The minimum Gasteiger partial charge on any atom is -0.0683 e. The SMILES string of the molecule is CC.C[C@@H]1CCC[C@H](C)CC1. The van der Waals surface area contributed by atoms with E-state index in [0.29, 0.717) is 0 Å². The normalized spacial score (nSPS) is 31.6. The van der Waals surface area contributed by atoms with Gasteiger partial charge >= 0.3 is 0 Å². The van der Waals surface area contributed by atoms with Gasteiger partial charge in [0.1, 0.15) is 0 Å². The summed E-state index contributed by atoms with van der Waals surface area (Å²) in [6.45, 7) is 8.77. The summed E-state index contributed by atoms with van der Waals surface area (Å²) in [6.07, 6.45) is 7.37. The molecule has 1 rings (SSSR count). The number of rotatable bonds is 0. The first kappa shape index (κ1) is 11.0. The number of hydrogen-bond donors (Lipinski definition) is 0. The Balaban J connectivity index is 0.000000461. The van der Waals surface area contributed by atoms with Gasteiger partial charge in [0.25, 0.3) is 0 Å². The summed E-state index contributed by atoms with van der Waals surface area (Å²) in [7, 11) is 0. The quantitative estimate of drug-likeness (QED) is 0.460. The third-order valence-corrected chi connectivity index (χ3v) is 2.55. The van der Waals surface area contributed by atoms with E-state index in [-0.39, 0.29) is 0 Å². The molecule has 1 aliphatic carbocycles. The second-order valence-electron chi connectivity index (χ2n) is 3.72. The summed E-state index contributed by atoms with van der Waals surface area (Å²) in [6, 6.07) is 0. The fourth-order valence-corrected chi connectivity index (χ4v) is 1.67. The average molecular weight is 156 g/mol. The topological polar surface area (TPSA) is 0 Å². The highest BCUT2D eigenvalue weighted by Crippen LogP contribution is 2.25. The van der Waals surface area contributed by atoms with Crippen molar-refractivity contribution in [1.82, 2.24) is 0 Å². The van der Waals surface area contributed by atoms with Crippen LogP contribution in [-0.2, 0) is 0 Å². The molecule has 0 aromatic heterocycles. The maximum absolute atomic E-state index is 2.39. The lowest BCUT2D eigenvalue weighted by molar-refractivity contribution is 0.476. The Bertz CT molecular complexity index is 66.1. The van der Waals surface area contributed by atoms with Crippen molar-refractivity contribution in [2.24, 2.45) is 11.8 Å². The van der Waals surface area contributed by atoms with Crippen molar-refractivity contribution >= 4 is 0 Å². The third-order valence-electron chi connectivity index (χ3n) is 2.55. The lowest BCUT2D eigenvalue weighted by Crippen LogP contribution is -1.91. The van der Waals surface area contributed by atoms with Gasteiger partial charge in [-0.15, -0.1) is 0 Å². The Kier molecular flexibility index (Phi) is 6.69. The third kappa shape index (κ3) is 5.29. The molecule has 0 bridgehead atoms. The van der Waals surface area contributed by atoms with Crippen LogP contribution in [0.4, 0.5) is 0 Å². The Labute approximate surface area is 72.4 Å². The van der Waals surface area contributed by atoms with Crippen molar-refractivity contribution in [3.05, 3.63) is 0 Å². The Morgan fingerprint density at radius 2 is 1.09 bits per heavy atom. The Morgan fingerprint density at radius 1 is 0.727 bits per heavy atom. The maximum Gasteiger partial charge on any atom is -0.0443 e. The van der Waals surface area contributed by atoms with E-state index >= 15 is 0 Å². The van der Waals surface area contributed by atoms with E-state index in [4.69, 9.17) is 0 Å². The summed E-state index contributed by atoms with van der Waals surface area (Å²) >= 11 is 0. The number of hydrogen-bond acceptors (Lipinski definition) is 0. The molecule has 1 fully saturated rings. The summed E-state index contributed by atoms with van der Waals surface area (Å²) in [5, 5.41) is 0. The summed E-state index contributed by atoms with van der Waals surface area (Å²) in [5.74, 6) is 2.02. The van der Waals surface area contributed by atoms with E-state index < -0.39 is 0 Å². The molecule has 68 valence electrons. The zero-order chi connectivity index (χ0) is 8.69. The highest BCUT2D eigenvalue weighted by atomic mass is 14.2. The predicted molar refractivity (Wildman–Crippen MR) is 52.8 cm³/mol. The van der Waals surface area contributed by atoms with Gasteiger partial charge < -0.3 is 0 Å². The zero-order valence-corrected chi connectivity index (χ0v) is 8.69. The van der Waals surface area contributed by atoms with Crippen molar-refractivity contribution in [1.29, 1.82) is 0 Å². The monoisotopic (exact) mass is 156 g/mol. The van der Waals surface area contributed by atoms with E-state index in [1.807, 2.05) is 13.8 Å². The van der Waals surface area contributed by atoms with E-state index in [9.17, 15) is 0 Å². The first-order chi connectivity index (χ1) is 5.29. The molecule has 0 aromatic carbocycles. The molecule has 0 aromatic rings. The van der Waals surface area contributed by atoms with Gasteiger partial charge in [-0.05, 0) is 11.8 Å². The highest BCUT2D eigenvalue weighted by Gasteiger charge is 2.11. The fourth-order valence-electron chi connectivity index (χ4n) is 1.67. The highest BCUT2D eigenvalue weighted by molar-refractivity contribution is 4.64. The molecular weight excluding hydrogens is 132 g/mol. The summed E-state index contributed by atoms with van der Waals surface area (Å²) in [5.41, 5.74) is 0. The van der Waals surface area contributed by atoms with Crippen LogP contribution in [0.5, 0.6) is 0 Å². The second kappa shape index (κ2) is 6.69. The van der Waals surface area contributed by atoms with Gasteiger partial charge in [0.15, 0.2) is 0 Å². The molecule has 1 saturated carbocycles. The lowest BCUT2D eigenvalue weighted by atomic mass is 10.0. The fraction of sp³-hybridized carbons (Fsp3) is 1.00. The van der Waals surface area contributed by atoms with Crippen LogP contribution in [0.1, 0.15) is 59.8 Å². The lowest BCUT2D eigenvalue weighted by Gasteiger charge is -2.05. The zero-order valence-electron chi connectivity index (χ0n) is 8.69. The predicted octanol–water partition coefficient (Wildman–Crippen LogP) is 4.25. The van der Waals surface area contributed by atoms with Gasteiger partial charge in [0.05, 0.1) is 0 Å². The minimum atomic E-state index is 1.01. The average Bonchev–Trinajstić information content (AvgIpc) is 2.20. The van der Waals surface area contributed by atoms with Gasteiger partial charge in [0, 0.05) is 0 Å². The molecule has 2 atom stereocenters. The van der Waals surface area contributed by atoms with Crippen LogP contribution >= 0.6 is 0 Å². The molecule has 0 saturated heterocycles.